The number of hydrogen-bond acceptors (Lipinski definition) is 5. The number of carbonyl (C=O) groups excluding carboxylic acids is 1. The molecule has 4 heterocycles. The second-order valence-corrected chi connectivity index (χ2v) is 8.06. The third-order valence-corrected chi connectivity index (χ3v) is 6.22. The predicted molar refractivity (Wildman–Crippen MR) is 110 cm³/mol. The third kappa shape index (κ3) is 3.79. The molecule has 1 aromatic heterocycles. The third-order valence-electron chi connectivity index (χ3n) is 6.22. The Hall–Kier alpha value is -2.67. The van der Waals surface area contributed by atoms with Crippen LogP contribution in [0.25, 0.3) is 0 Å². The summed E-state index contributed by atoms with van der Waals surface area (Å²) in [4.78, 5) is 26.3. The van der Waals surface area contributed by atoms with Crippen LogP contribution in [-0.2, 0) is 17.7 Å². The maximum absolute atomic E-state index is 13.2. The Kier molecular flexibility index (Phi) is 5.06. The van der Waals surface area contributed by atoms with E-state index in [1.54, 1.807) is 0 Å². The minimum Gasteiger partial charge on any atom is -0.381 e. The Morgan fingerprint density at radius 1 is 1.10 bits per heavy atom. The maximum Gasteiger partial charge on any atom is 0.320 e. The van der Waals surface area contributed by atoms with E-state index in [9.17, 15) is 4.79 Å². The second-order valence-electron chi connectivity index (χ2n) is 8.06. The summed E-state index contributed by atoms with van der Waals surface area (Å²) in [6.45, 7) is 3.66. The fraction of sp³-hybridized carbons (Fsp3) is 0.500. The molecule has 1 aromatic carbocycles. The Balaban J connectivity index is 1.26. The van der Waals surface area contributed by atoms with Crippen LogP contribution in [0.2, 0.25) is 0 Å². The van der Waals surface area contributed by atoms with Gasteiger partial charge in [-0.15, -0.1) is 0 Å². The summed E-state index contributed by atoms with van der Waals surface area (Å²) < 4.78 is 5.42. The molecule has 2 amide bonds. The number of nitrogens with zero attached hydrogens (tertiary/aromatic N) is 4. The summed E-state index contributed by atoms with van der Waals surface area (Å²) in [6, 6.07) is 11.0. The van der Waals surface area contributed by atoms with E-state index in [-0.39, 0.29) is 12.1 Å². The van der Waals surface area contributed by atoms with Gasteiger partial charge in [0.1, 0.15) is 0 Å². The lowest BCUT2D eigenvalue weighted by Gasteiger charge is -2.44. The molecule has 7 heteroatoms. The Bertz CT molecular complexity index is 869. The molecule has 0 bridgehead atoms. The molecule has 7 nitrogen and oxygen atoms in total. The van der Waals surface area contributed by atoms with Crippen molar-refractivity contribution in [3.05, 3.63) is 53.3 Å². The van der Waals surface area contributed by atoms with Crippen LogP contribution in [0.15, 0.2) is 36.5 Å². The van der Waals surface area contributed by atoms with Gasteiger partial charge in [0, 0.05) is 38.5 Å². The second kappa shape index (κ2) is 7.99. The first-order valence-corrected chi connectivity index (χ1v) is 10.6. The number of rotatable bonds is 3. The molecule has 3 aliphatic heterocycles. The fourth-order valence-electron chi connectivity index (χ4n) is 4.38. The highest BCUT2D eigenvalue weighted by Crippen LogP contribution is 2.34. The summed E-state index contributed by atoms with van der Waals surface area (Å²) in [5, 5.41) is 3.43. The van der Waals surface area contributed by atoms with Crippen molar-refractivity contribution in [3.63, 3.8) is 0 Å². The Labute approximate surface area is 171 Å². The molecule has 5 rings (SSSR count). The first-order valence-electron chi connectivity index (χ1n) is 10.6. The fourth-order valence-corrected chi connectivity index (χ4v) is 4.38. The number of ether oxygens (including phenoxy) is 1. The normalized spacial score (nSPS) is 22.0. The van der Waals surface area contributed by atoms with E-state index in [2.05, 4.69) is 22.4 Å². The lowest BCUT2D eigenvalue weighted by Crippen LogP contribution is -2.52. The number of carbonyl (C=O) groups is 1. The van der Waals surface area contributed by atoms with Gasteiger partial charge >= 0.3 is 6.03 Å². The number of aromatic nitrogens is 2. The number of anilines is 1. The van der Waals surface area contributed by atoms with Gasteiger partial charge in [0.15, 0.2) is 0 Å². The molecule has 2 fully saturated rings. The zero-order chi connectivity index (χ0) is 19.6. The molecular formula is C22H27N5O2. The highest BCUT2D eigenvalue weighted by molar-refractivity contribution is 5.76. The number of benzene rings is 1. The van der Waals surface area contributed by atoms with Crippen LogP contribution in [0, 0.1) is 0 Å². The van der Waals surface area contributed by atoms with Gasteiger partial charge in [0.2, 0.25) is 5.95 Å². The van der Waals surface area contributed by atoms with E-state index < -0.39 is 0 Å². The van der Waals surface area contributed by atoms with Crippen LogP contribution in [0.3, 0.4) is 0 Å². The van der Waals surface area contributed by atoms with Gasteiger partial charge in [0.25, 0.3) is 0 Å². The van der Waals surface area contributed by atoms with Gasteiger partial charge in [-0.2, -0.15) is 0 Å². The monoisotopic (exact) mass is 393 g/mol. The minimum atomic E-state index is 0.119. The van der Waals surface area contributed by atoms with Crippen molar-refractivity contribution in [2.75, 3.05) is 31.6 Å². The molecule has 29 heavy (non-hydrogen) atoms. The Morgan fingerprint density at radius 2 is 1.93 bits per heavy atom. The van der Waals surface area contributed by atoms with Crippen molar-refractivity contribution < 1.29 is 9.53 Å². The van der Waals surface area contributed by atoms with Crippen molar-refractivity contribution in [2.45, 2.75) is 44.3 Å². The summed E-state index contributed by atoms with van der Waals surface area (Å²) in [6.07, 6.45) is 5.70. The van der Waals surface area contributed by atoms with E-state index in [0.29, 0.717) is 18.5 Å². The van der Waals surface area contributed by atoms with E-state index >= 15 is 0 Å². The molecule has 2 aromatic rings. The molecule has 0 aliphatic carbocycles. The maximum atomic E-state index is 13.2. The largest absolute Gasteiger partial charge is 0.381 e. The zero-order valence-corrected chi connectivity index (χ0v) is 16.6. The van der Waals surface area contributed by atoms with Crippen molar-refractivity contribution in [2.24, 2.45) is 0 Å². The Morgan fingerprint density at radius 3 is 2.69 bits per heavy atom. The molecule has 152 valence electrons. The topological polar surface area (TPSA) is 70.6 Å². The molecule has 1 atom stereocenters. The van der Waals surface area contributed by atoms with Crippen LogP contribution in [0.1, 0.15) is 42.1 Å². The highest BCUT2D eigenvalue weighted by Gasteiger charge is 2.37. The smallest absolute Gasteiger partial charge is 0.320 e. The van der Waals surface area contributed by atoms with Crippen molar-refractivity contribution in [1.82, 2.24) is 19.8 Å². The SMILES string of the molecule is O=C(N1CCc2cnc(NC3CCOCC3)nc2C1)N1CCC1c1ccccc1. The van der Waals surface area contributed by atoms with Gasteiger partial charge in [-0.3, -0.25) is 0 Å². The molecule has 2 saturated heterocycles. The van der Waals surface area contributed by atoms with Gasteiger partial charge in [-0.05, 0) is 36.8 Å². The predicted octanol–water partition coefficient (Wildman–Crippen LogP) is 2.99. The summed E-state index contributed by atoms with van der Waals surface area (Å²) in [7, 11) is 0. The lowest BCUT2D eigenvalue weighted by atomic mass is 9.95. The number of amides is 2. The molecule has 0 radical (unpaired) electrons. The van der Waals surface area contributed by atoms with E-state index in [0.717, 1.165) is 63.2 Å². The molecule has 0 saturated carbocycles. The molecule has 0 spiro atoms. The number of likely N-dealkylation sites (tertiary alicyclic amines) is 1. The first-order chi connectivity index (χ1) is 14.3. The van der Waals surface area contributed by atoms with E-state index in [1.165, 1.54) is 5.56 Å². The number of fused-ring (bicyclic) bond motifs is 1. The highest BCUT2D eigenvalue weighted by atomic mass is 16.5. The quantitative estimate of drug-likeness (QED) is 0.868. The van der Waals surface area contributed by atoms with Gasteiger partial charge in [0.05, 0.1) is 18.3 Å². The van der Waals surface area contributed by atoms with Crippen LogP contribution in [-0.4, -0.2) is 58.1 Å². The lowest BCUT2D eigenvalue weighted by molar-refractivity contribution is 0.0804. The summed E-state index contributed by atoms with van der Waals surface area (Å²) in [5.41, 5.74) is 3.33. The van der Waals surface area contributed by atoms with Crippen molar-refractivity contribution >= 4 is 12.0 Å². The molecule has 3 aliphatic rings. The first kappa shape index (κ1) is 18.4. The van der Waals surface area contributed by atoms with Gasteiger partial charge < -0.3 is 19.9 Å². The van der Waals surface area contributed by atoms with Crippen molar-refractivity contribution in [1.29, 1.82) is 0 Å². The summed E-state index contributed by atoms with van der Waals surface area (Å²) in [5.74, 6) is 0.663. The van der Waals surface area contributed by atoms with E-state index in [1.807, 2.05) is 34.2 Å². The van der Waals surface area contributed by atoms with Crippen LogP contribution in [0.5, 0.6) is 0 Å². The van der Waals surface area contributed by atoms with E-state index in [4.69, 9.17) is 9.72 Å². The van der Waals surface area contributed by atoms with Crippen LogP contribution in [0.4, 0.5) is 10.7 Å². The standard InChI is InChI=1S/C22H27N5O2/c28-22(27-11-7-20(27)16-4-2-1-3-5-16)26-10-6-17-14-23-21(25-19(17)15-26)24-18-8-12-29-13-9-18/h1-5,14,18,20H,6-13,15H2,(H,23,24,25). The number of nitrogens with one attached hydrogen (secondary N) is 1. The molecular weight excluding hydrogens is 366 g/mol. The summed E-state index contributed by atoms with van der Waals surface area (Å²) >= 11 is 0. The van der Waals surface area contributed by atoms with Crippen LogP contribution >= 0.6 is 0 Å². The minimum absolute atomic E-state index is 0.119. The zero-order valence-electron chi connectivity index (χ0n) is 16.6. The number of urea groups is 1. The average Bonchev–Trinajstić information content (AvgIpc) is 2.74. The molecule has 1 N–H and O–H groups in total. The molecule has 1 unspecified atom stereocenters. The average molecular weight is 393 g/mol. The van der Waals surface area contributed by atoms with Gasteiger partial charge in [-0.1, -0.05) is 30.3 Å². The van der Waals surface area contributed by atoms with Crippen molar-refractivity contribution in [3.8, 4) is 0 Å². The van der Waals surface area contributed by atoms with Crippen LogP contribution < -0.4 is 5.32 Å². The number of hydrogen-bond donors (Lipinski definition) is 1. The van der Waals surface area contributed by atoms with Gasteiger partial charge in [-0.25, -0.2) is 14.8 Å².